The van der Waals surface area contributed by atoms with Gasteiger partial charge in [0.15, 0.2) is 0 Å². The van der Waals surface area contributed by atoms with Crippen LogP contribution in [0.15, 0.2) is 46.9 Å². The Labute approximate surface area is 132 Å². The van der Waals surface area contributed by atoms with Crippen molar-refractivity contribution in [3.05, 3.63) is 68.7 Å². The van der Waals surface area contributed by atoms with Crippen molar-refractivity contribution in [2.24, 2.45) is 0 Å². The van der Waals surface area contributed by atoms with Crippen molar-refractivity contribution in [1.29, 1.82) is 0 Å². The molecule has 0 heterocycles. The summed E-state index contributed by atoms with van der Waals surface area (Å²) in [5.41, 5.74) is 3.40. The maximum absolute atomic E-state index is 6.53. The molecule has 2 rings (SSSR count). The molecule has 0 aromatic heterocycles. The molecule has 1 atom stereocenters. The summed E-state index contributed by atoms with van der Waals surface area (Å²) in [5, 5.41) is 0.505. The standard InChI is InChI=1S/C16H15BrCl2/c1-10(2)11-3-5-12(6-4-11)16(19)13-7-14(17)9-15(18)8-13/h3-10,16H,1-2H3. The third kappa shape index (κ3) is 3.75. The highest BCUT2D eigenvalue weighted by atomic mass is 79.9. The van der Waals surface area contributed by atoms with Gasteiger partial charge in [0.1, 0.15) is 0 Å². The number of benzene rings is 2. The van der Waals surface area contributed by atoms with Gasteiger partial charge >= 0.3 is 0 Å². The lowest BCUT2D eigenvalue weighted by Crippen LogP contribution is -1.95. The van der Waals surface area contributed by atoms with E-state index in [2.05, 4.69) is 54.0 Å². The lowest BCUT2D eigenvalue weighted by molar-refractivity contribution is 0.865. The van der Waals surface area contributed by atoms with E-state index in [9.17, 15) is 0 Å². The Morgan fingerprint density at radius 1 is 0.895 bits per heavy atom. The van der Waals surface area contributed by atoms with Crippen LogP contribution in [0.5, 0.6) is 0 Å². The van der Waals surface area contributed by atoms with Gasteiger partial charge in [-0.25, -0.2) is 0 Å². The Bertz CT molecular complexity index is 541. The van der Waals surface area contributed by atoms with E-state index in [1.807, 2.05) is 18.2 Å². The molecule has 0 fully saturated rings. The number of alkyl halides is 1. The van der Waals surface area contributed by atoms with Crippen LogP contribution in [0.2, 0.25) is 5.02 Å². The molecular formula is C16H15BrCl2. The molecule has 0 aliphatic carbocycles. The van der Waals surface area contributed by atoms with Crippen molar-refractivity contribution in [1.82, 2.24) is 0 Å². The fourth-order valence-corrected chi connectivity index (χ4v) is 3.12. The first-order chi connectivity index (χ1) is 8.97. The Morgan fingerprint density at radius 3 is 2.00 bits per heavy atom. The van der Waals surface area contributed by atoms with E-state index in [4.69, 9.17) is 23.2 Å². The fraction of sp³-hybridized carbons (Fsp3) is 0.250. The molecule has 2 aromatic carbocycles. The smallest absolute Gasteiger partial charge is 0.0836 e. The highest BCUT2D eigenvalue weighted by molar-refractivity contribution is 9.10. The average molecular weight is 358 g/mol. The topological polar surface area (TPSA) is 0 Å². The van der Waals surface area contributed by atoms with E-state index in [0.717, 1.165) is 15.6 Å². The van der Waals surface area contributed by atoms with Gasteiger partial charge in [-0.1, -0.05) is 65.6 Å². The molecule has 19 heavy (non-hydrogen) atoms. The monoisotopic (exact) mass is 356 g/mol. The molecular weight excluding hydrogens is 343 g/mol. The normalized spacial score (nSPS) is 12.7. The third-order valence-electron chi connectivity index (χ3n) is 3.07. The minimum Gasteiger partial charge on any atom is -0.113 e. The summed E-state index contributed by atoms with van der Waals surface area (Å²) >= 11 is 16.0. The van der Waals surface area contributed by atoms with E-state index in [1.165, 1.54) is 5.56 Å². The van der Waals surface area contributed by atoms with E-state index in [1.54, 1.807) is 0 Å². The molecule has 0 radical (unpaired) electrons. The van der Waals surface area contributed by atoms with Crippen LogP contribution in [0.3, 0.4) is 0 Å². The van der Waals surface area contributed by atoms with E-state index >= 15 is 0 Å². The average Bonchev–Trinajstić information content (AvgIpc) is 2.37. The summed E-state index contributed by atoms with van der Waals surface area (Å²) < 4.78 is 0.944. The number of hydrogen-bond acceptors (Lipinski definition) is 0. The molecule has 1 unspecified atom stereocenters. The van der Waals surface area contributed by atoms with Gasteiger partial charge in [0.2, 0.25) is 0 Å². The maximum Gasteiger partial charge on any atom is 0.0836 e. The first-order valence-corrected chi connectivity index (χ1v) is 7.78. The molecule has 0 aliphatic rings. The van der Waals surface area contributed by atoms with Gasteiger partial charge in [0.25, 0.3) is 0 Å². The largest absolute Gasteiger partial charge is 0.113 e. The lowest BCUT2D eigenvalue weighted by Gasteiger charge is -2.13. The van der Waals surface area contributed by atoms with Gasteiger partial charge in [-0.3, -0.25) is 0 Å². The fourth-order valence-electron chi connectivity index (χ4n) is 1.96. The maximum atomic E-state index is 6.53. The van der Waals surface area contributed by atoms with Crippen LogP contribution in [0.1, 0.15) is 41.8 Å². The first kappa shape index (κ1) is 14.9. The molecule has 3 heteroatoms. The molecule has 100 valence electrons. The molecule has 0 amide bonds. The van der Waals surface area contributed by atoms with E-state index in [0.29, 0.717) is 10.9 Å². The van der Waals surface area contributed by atoms with Crippen LogP contribution in [0, 0.1) is 0 Å². The quantitative estimate of drug-likeness (QED) is 0.546. The summed E-state index contributed by atoms with van der Waals surface area (Å²) in [6.45, 7) is 4.36. The van der Waals surface area contributed by atoms with Gasteiger partial charge in [-0.05, 0) is 40.8 Å². The second-order valence-corrected chi connectivity index (χ2v) is 6.68. The zero-order valence-electron chi connectivity index (χ0n) is 10.8. The van der Waals surface area contributed by atoms with Crippen molar-refractivity contribution in [2.45, 2.75) is 25.1 Å². The zero-order chi connectivity index (χ0) is 14.0. The minimum atomic E-state index is -0.184. The van der Waals surface area contributed by atoms with Gasteiger partial charge < -0.3 is 0 Å². The van der Waals surface area contributed by atoms with Crippen molar-refractivity contribution in [2.75, 3.05) is 0 Å². The summed E-state index contributed by atoms with van der Waals surface area (Å²) in [7, 11) is 0. The van der Waals surface area contributed by atoms with Crippen LogP contribution in [-0.2, 0) is 0 Å². The molecule has 0 nitrogen and oxygen atoms in total. The van der Waals surface area contributed by atoms with Crippen molar-refractivity contribution in [3.63, 3.8) is 0 Å². The van der Waals surface area contributed by atoms with Crippen LogP contribution in [0.25, 0.3) is 0 Å². The third-order valence-corrected chi connectivity index (χ3v) is 4.25. The van der Waals surface area contributed by atoms with Crippen molar-refractivity contribution in [3.8, 4) is 0 Å². The predicted molar refractivity (Wildman–Crippen MR) is 87.4 cm³/mol. The Kier molecular flexibility index (Phi) is 4.94. The molecule has 0 saturated carbocycles. The van der Waals surface area contributed by atoms with E-state index < -0.39 is 0 Å². The predicted octanol–water partition coefficient (Wildman–Crippen LogP) is 6.55. The first-order valence-electron chi connectivity index (χ1n) is 6.17. The summed E-state index contributed by atoms with van der Waals surface area (Å²) in [5.74, 6) is 0.531. The van der Waals surface area contributed by atoms with Crippen LogP contribution in [0.4, 0.5) is 0 Å². The van der Waals surface area contributed by atoms with Crippen LogP contribution >= 0.6 is 39.1 Å². The number of halogens is 3. The highest BCUT2D eigenvalue weighted by Crippen LogP contribution is 2.33. The molecule has 2 aromatic rings. The van der Waals surface area contributed by atoms with Gasteiger partial charge in [0.05, 0.1) is 5.38 Å². The summed E-state index contributed by atoms with van der Waals surface area (Å²) in [6.07, 6.45) is 0. The van der Waals surface area contributed by atoms with Gasteiger partial charge in [-0.15, -0.1) is 11.6 Å². The van der Waals surface area contributed by atoms with E-state index in [-0.39, 0.29) is 5.38 Å². The zero-order valence-corrected chi connectivity index (χ0v) is 13.9. The summed E-state index contributed by atoms with van der Waals surface area (Å²) in [4.78, 5) is 0. The van der Waals surface area contributed by atoms with Gasteiger partial charge in [0, 0.05) is 9.50 Å². The highest BCUT2D eigenvalue weighted by Gasteiger charge is 2.12. The molecule has 0 aliphatic heterocycles. The minimum absolute atomic E-state index is 0.184. The Morgan fingerprint density at radius 2 is 1.47 bits per heavy atom. The lowest BCUT2D eigenvalue weighted by atomic mass is 9.98. The van der Waals surface area contributed by atoms with Crippen molar-refractivity contribution < 1.29 is 0 Å². The molecule has 0 bridgehead atoms. The molecule has 0 saturated heterocycles. The molecule has 0 N–H and O–H groups in total. The van der Waals surface area contributed by atoms with Crippen LogP contribution < -0.4 is 0 Å². The number of hydrogen-bond donors (Lipinski definition) is 0. The second kappa shape index (κ2) is 6.30. The number of rotatable bonds is 3. The Balaban J connectivity index is 2.30. The van der Waals surface area contributed by atoms with Gasteiger partial charge in [-0.2, -0.15) is 0 Å². The Hall–Kier alpha value is -0.500. The summed E-state index contributed by atoms with van der Waals surface area (Å²) in [6, 6.07) is 14.2. The SMILES string of the molecule is CC(C)c1ccc(C(Cl)c2cc(Cl)cc(Br)c2)cc1. The van der Waals surface area contributed by atoms with Crippen molar-refractivity contribution >= 4 is 39.1 Å². The molecule has 0 spiro atoms. The van der Waals surface area contributed by atoms with Crippen LogP contribution in [-0.4, -0.2) is 0 Å². The second-order valence-electron chi connectivity index (χ2n) is 4.89.